The van der Waals surface area contributed by atoms with Gasteiger partial charge in [-0.15, -0.1) is 0 Å². The molecule has 0 radical (unpaired) electrons. The summed E-state index contributed by atoms with van der Waals surface area (Å²) in [6.07, 6.45) is 2.26. The quantitative estimate of drug-likeness (QED) is 0.768. The predicted octanol–water partition coefficient (Wildman–Crippen LogP) is 0.747. The Bertz CT molecular complexity index is 383. The van der Waals surface area contributed by atoms with Crippen LogP contribution in [0.15, 0.2) is 6.20 Å². The molecular formula is C11H19N3O2. The second-order valence-corrected chi connectivity index (χ2v) is 4.43. The summed E-state index contributed by atoms with van der Waals surface area (Å²) in [5, 5.41) is 7.29. The number of carbonyl (C=O) groups is 1. The molecule has 0 amide bonds. The Labute approximate surface area is 95.8 Å². The maximum atomic E-state index is 11.5. The summed E-state index contributed by atoms with van der Waals surface area (Å²) >= 11 is 0. The van der Waals surface area contributed by atoms with Crippen molar-refractivity contribution in [3.05, 3.63) is 17.5 Å². The van der Waals surface area contributed by atoms with E-state index in [9.17, 15) is 4.79 Å². The van der Waals surface area contributed by atoms with Gasteiger partial charge in [-0.25, -0.2) is 4.79 Å². The van der Waals surface area contributed by atoms with Crippen molar-refractivity contribution in [2.45, 2.75) is 25.8 Å². The zero-order chi connectivity index (χ0) is 12.3. The molecule has 1 rings (SSSR count). The molecule has 0 aliphatic carbocycles. The van der Waals surface area contributed by atoms with Crippen molar-refractivity contribution in [3.8, 4) is 0 Å². The molecule has 1 aromatic rings. The van der Waals surface area contributed by atoms with Crippen LogP contribution in [0.1, 0.15) is 29.9 Å². The number of hydrogen-bond acceptors (Lipinski definition) is 4. The third-order valence-electron chi connectivity index (χ3n) is 2.75. The van der Waals surface area contributed by atoms with E-state index < -0.39 is 0 Å². The zero-order valence-corrected chi connectivity index (χ0v) is 10.5. The number of carbonyl (C=O) groups excluding carboxylic acids is 1. The highest BCUT2D eigenvalue weighted by Crippen LogP contribution is 2.16. The summed E-state index contributed by atoms with van der Waals surface area (Å²) in [5.74, 6) is -0.338. The van der Waals surface area contributed by atoms with Gasteiger partial charge in [0.1, 0.15) is 5.56 Å². The largest absolute Gasteiger partial charge is 0.465 e. The lowest BCUT2D eigenvalue weighted by atomic mass is 9.97. The molecule has 0 atom stereocenters. The van der Waals surface area contributed by atoms with E-state index in [-0.39, 0.29) is 11.5 Å². The summed E-state index contributed by atoms with van der Waals surface area (Å²) < 4.78 is 6.44. The molecule has 5 heteroatoms. The van der Waals surface area contributed by atoms with Gasteiger partial charge < -0.3 is 10.1 Å². The van der Waals surface area contributed by atoms with Crippen molar-refractivity contribution >= 4 is 5.97 Å². The van der Waals surface area contributed by atoms with E-state index in [1.807, 2.05) is 14.1 Å². The highest BCUT2D eigenvalue weighted by atomic mass is 16.5. The van der Waals surface area contributed by atoms with Crippen LogP contribution in [0.3, 0.4) is 0 Å². The van der Waals surface area contributed by atoms with Crippen LogP contribution in [0, 0.1) is 0 Å². The second-order valence-electron chi connectivity index (χ2n) is 4.43. The van der Waals surface area contributed by atoms with Gasteiger partial charge in [0.15, 0.2) is 0 Å². The highest BCUT2D eigenvalue weighted by Gasteiger charge is 2.23. The first kappa shape index (κ1) is 12.7. The predicted molar refractivity (Wildman–Crippen MR) is 61.4 cm³/mol. The smallest absolute Gasteiger partial charge is 0.341 e. The molecule has 0 saturated carbocycles. The van der Waals surface area contributed by atoms with E-state index >= 15 is 0 Å². The number of nitrogens with zero attached hydrogens (tertiary/aromatic N) is 2. The van der Waals surface area contributed by atoms with Crippen LogP contribution in [0.5, 0.6) is 0 Å². The van der Waals surface area contributed by atoms with Crippen molar-refractivity contribution in [2.24, 2.45) is 7.05 Å². The Morgan fingerprint density at radius 2 is 2.25 bits per heavy atom. The maximum Gasteiger partial charge on any atom is 0.341 e. The van der Waals surface area contributed by atoms with Crippen LogP contribution in [0.25, 0.3) is 0 Å². The third-order valence-corrected chi connectivity index (χ3v) is 2.75. The minimum absolute atomic E-state index is 0.0867. The summed E-state index contributed by atoms with van der Waals surface area (Å²) in [6, 6.07) is 0. The molecule has 5 nitrogen and oxygen atoms in total. The van der Waals surface area contributed by atoms with Gasteiger partial charge in [0, 0.05) is 19.0 Å². The number of esters is 1. The topological polar surface area (TPSA) is 56.1 Å². The van der Waals surface area contributed by atoms with Gasteiger partial charge in [-0.2, -0.15) is 5.10 Å². The Balaban J connectivity index is 3.03. The van der Waals surface area contributed by atoms with Crippen molar-refractivity contribution in [2.75, 3.05) is 14.2 Å². The maximum absolute atomic E-state index is 11.5. The standard InChI is InChI=1S/C11H19N3O2/c1-11(2,12-3)6-9-8(10(15)16-5)7-13-14(9)4/h7,12H,6H2,1-5H3. The molecule has 0 aliphatic rings. The highest BCUT2D eigenvalue weighted by molar-refractivity contribution is 5.90. The van der Waals surface area contributed by atoms with Crippen LogP contribution in [-0.4, -0.2) is 35.4 Å². The van der Waals surface area contributed by atoms with Crippen LogP contribution in [-0.2, 0) is 18.2 Å². The van der Waals surface area contributed by atoms with Gasteiger partial charge in [0.2, 0.25) is 0 Å². The second kappa shape index (κ2) is 4.65. The minimum atomic E-state index is -0.338. The zero-order valence-electron chi connectivity index (χ0n) is 10.5. The minimum Gasteiger partial charge on any atom is -0.465 e. The molecule has 16 heavy (non-hydrogen) atoms. The Kier molecular flexibility index (Phi) is 3.70. The lowest BCUT2D eigenvalue weighted by Gasteiger charge is -2.24. The van der Waals surface area contributed by atoms with E-state index in [0.29, 0.717) is 12.0 Å². The Morgan fingerprint density at radius 1 is 1.62 bits per heavy atom. The number of methoxy groups -OCH3 is 1. The molecule has 0 aliphatic heterocycles. The molecule has 1 N–H and O–H groups in total. The first-order chi connectivity index (χ1) is 7.41. The van der Waals surface area contributed by atoms with Crippen molar-refractivity contribution in [3.63, 3.8) is 0 Å². The molecule has 0 saturated heterocycles. The number of hydrogen-bond donors (Lipinski definition) is 1. The Morgan fingerprint density at radius 3 is 2.75 bits per heavy atom. The van der Waals surface area contributed by atoms with Crippen molar-refractivity contribution < 1.29 is 9.53 Å². The van der Waals surface area contributed by atoms with Crippen LogP contribution in [0.4, 0.5) is 0 Å². The van der Waals surface area contributed by atoms with Gasteiger partial charge >= 0.3 is 5.97 Å². The normalized spacial score (nSPS) is 11.6. The summed E-state index contributed by atoms with van der Waals surface area (Å²) in [4.78, 5) is 11.5. The average molecular weight is 225 g/mol. The lowest BCUT2D eigenvalue weighted by molar-refractivity contribution is 0.0599. The van der Waals surface area contributed by atoms with Crippen molar-refractivity contribution in [1.82, 2.24) is 15.1 Å². The fourth-order valence-corrected chi connectivity index (χ4v) is 1.46. The van der Waals surface area contributed by atoms with Crippen LogP contribution >= 0.6 is 0 Å². The van der Waals surface area contributed by atoms with Crippen LogP contribution < -0.4 is 5.32 Å². The molecular weight excluding hydrogens is 206 g/mol. The first-order valence-electron chi connectivity index (χ1n) is 5.19. The third kappa shape index (κ3) is 2.61. The molecule has 0 fully saturated rings. The summed E-state index contributed by atoms with van der Waals surface area (Å²) in [5.41, 5.74) is 1.33. The van der Waals surface area contributed by atoms with E-state index in [1.54, 1.807) is 10.9 Å². The van der Waals surface area contributed by atoms with Gasteiger partial charge in [0.25, 0.3) is 0 Å². The molecule has 0 bridgehead atoms. The van der Waals surface area contributed by atoms with Gasteiger partial charge in [0.05, 0.1) is 19.0 Å². The van der Waals surface area contributed by atoms with Crippen molar-refractivity contribution in [1.29, 1.82) is 0 Å². The van der Waals surface area contributed by atoms with E-state index in [0.717, 1.165) is 5.69 Å². The molecule has 90 valence electrons. The SMILES string of the molecule is CNC(C)(C)Cc1c(C(=O)OC)cnn1C. The number of aryl methyl sites for hydroxylation is 1. The molecule has 0 unspecified atom stereocenters. The molecule has 0 aromatic carbocycles. The van der Waals surface area contributed by atoms with Gasteiger partial charge in [-0.1, -0.05) is 0 Å². The van der Waals surface area contributed by atoms with E-state index in [4.69, 9.17) is 4.74 Å². The number of nitrogens with one attached hydrogen (secondary N) is 1. The van der Waals surface area contributed by atoms with Crippen LogP contribution in [0.2, 0.25) is 0 Å². The molecule has 1 heterocycles. The fourth-order valence-electron chi connectivity index (χ4n) is 1.46. The summed E-state index contributed by atoms with van der Waals surface area (Å²) in [7, 11) is 5.10. The summed E-state index contributed by atoms with van der Waals surface area (Å²) in [6.45, 7) is 4.14. The average Bonchev–Trinajstić information content (AvgIpc) is 2.59. The number of rotatable bonds is 4. The fraction of sp³-hybridized carbons (Fsp3) is 0.636. The molecule has 0 spiro atoms. The van der Waals surface area contributed by atoms with Gasteiger partial charge in [-0.3, -0.25) is 4.68 Å². The lowest BCUT2D eigenvalue weighted by Crippen LogP contribution is -2.39. The number of ether oxygens (including phenoxy) is 1. The van der Waals surface area contributed by atoms with E-state index in [1.165, 1.54) is 7.11 Å². The van der Waals surface area contributed by atoms with Gasteiger partial charge in [-0.05, 0) is 20.9 Å². The number of likely N-dealkylation sites (N-methyl/N-ethyl adjacent to an activating group) is 1. The molecule has 1 aromatic heterocycles. The number of aromatic nitrogens is 2. The monoisotopic (exact) mass is 225 g/mol. The van der Waals surface area contributed by atoms with E-state index in [2.05, 4.69) is 24.3 Å². The first-order valence-corrected chi connectivity index (χ1v) is 5.19. The Hall–Kier alpha value is -1.36.